The van der Waals surface area contributed by atoms with Crippen LogP contribution in [0.1, 0.15) is 22.9 Å². The Morgan fingerprint density at radius 3 is 2.68 bits per heavy atom. The third kappa shape index (κ3) is 3.32. The number of aryl methyl sites for hydroxylation is 2. The summed E-state index contributed by atoms with van der Waals surface area (Å²) < 4.78 is 24.1. The van der Waals surface area contributed by atoms with Gasteiger partial charge in [-0.2, -0.15) is 0 Å². The van der Waals surface area contributed by atoms with E-state index in [0.717, 1.165) is 11.5 Å². The summed E-state index contributed by atoms with van der Waals surface area (Å²) in [6, 6.07) is 4.81. The summed E-state index contributed by atoms with van der Waals surface area (Å²) in [6.45, 7) is 4.65. The predicted octanol–water partition coefficient (Wildman–Crippen LogP) is 2.73. The highest BCUT2D eigenvalue weighted by Crippen LogP contribution is 2.16. The van der Waals surface area contributed by atoms with Crippen LogP contribution in [0.3, 0.4) is 0 Å². The molecule has 19 heavy (non-hydrogen) atoms. The Morgan fingerprint density at radius 1 is 1.32 bits per heavy atom. The summed E-state index contributed by atoms with van der Waals surface area (Å²) in [5.41, 5.74) is 1.47. The molecule has 0 aliphatic heterocycles. The monoisotopic (exact) mass is 264 g/mol. The van der Waals surface area contributed by atoms with E-state index >= 15 is 0 Å². The summed E-state index contributed by atoms with van der Waals surface area (Å²) >= 11 is 0. The molecule has 0 radical (unpaired) electrons. The molecule has 0 fully saturated rings. The summed E-state index contributed by atoms with van der Waals surface area (Å²) in [4.78, 5) is 4.25. The minimum Gasteiger partial charge on any atom is -0.497 e. The van der Waals surface area contributed by atoms with E-state index in [1.165, 1.54) is 13.2 Å². The molecular weight excluding hydrogens is 247 g/mol. The minimum absolute atomic E-state index is 0.286. The first-order valence-electron chi connectivity index (χ1n) is 6.06. The van der Waals surface area contributed by atoms with Crippen LogP contribution in [0.2, 0.25) is 0 Å². The van der Waals surface area contributed by atoms with E-state index in [1.807, 2.05) is 13.8 Å². The van der Waals surface area contributed by atoms with Crippen molar-refractivity contribution in [3.05, 3.63) is 46.9 Å². The number of ether oxygens (including phenoxy) is 1. The number of oxazole rings is 1. The molecule has 1 aromatic carbocycles. The molecule has 1 aromatic heterocycles. The van der Waals surface area contributed by atoms with Crippen molar-refractivity contribution in [1.29, 1.82) is 0 Å². The van der Waals surface area contributed by atoms with Crippen LogP contribution in [0.15, 0.2) is 22.6 Å². The Kier molecular flexibility index (Phi) is 4.16. The largest absolute Gasteiger partial charge is 0.497 e. The standard InChI is InChI=1S/C14H17FN2O2/c1-9-10(2)19-14(17-9)8-16-7-11-4-5-12(18-3)6-13(11)15/h4-6,16H,7-8H2,1-3H3. The number of nitrogens with one attached hydrogen (secondary N) is 1. The molecule has 0 bridgehead atoms. The van der Waals surface area contributed by atoms with Crippen LogP contribution in [0.4, 0.5) is 4.39 Å². The van der Waals surface area contributed by atoms with Crippen LogP contribution in [0.25, 0.3) is 0 Å². The lowest BCUT2D eigenvalue weighted by atomic mass is 10.2. The molecule has 0 unspecified atom stereocenters. The number of aromatic nitrogens is 1. The van der Waals surface area contributed by atoms with Crippen LogP contribution in [-0.4, -0.2) is 12.1 Å². The molecule has 1 heterocycles. The number of methoxy groups -OCH3 is 1. The number of nitrogens with zero attached hydrogens (tertiary/aromatic N) is 1. The summed E-state index contributed by atoms with van der Waals surface area (Å²) in [5.74, 6) is 1.66. The molecule has 5 heteroatoms. The third-order valence-corrected chi connectivity index (χ3v) is 2.92. The van der Waals surface area contributed by atoms with Gasteiger partial charge in [0.1, 0.15) is 17.3 Å². The number of halogens is 1. The van der Waals surface area contributed by atoms with Crippen LogP contribution in [-0.2, 0) is 13.1 Å². The van der Waals surface area contributed by atoms with Gasteiger partial charge in [-0.3, -0.25) is 0 Å². The van der Waals surface area contributed by atoms with E-state index < -0.39 is 0 Å². The van der Waals surface area contributed by atoms with E-state index in [9.17, 15) is 4.39 Å². The fraction of sp³-hybridized carbons (Fsp3) is 0.357. The van der Waals surface area contributed by atoms with Crippen LogP contribution < -0.4 is 10.1 Å². The van der Waals surface area contributed by atoms with Crippen molar-refractivity contribution < 1.29 is 13.5 Å². The molecule has 0 aliphatic rings. The van der Waals surface area contributed by atoms with Gasteiger partial charge < -0.3 is 14.5 Å². The van der Waals surface area contributed by atoms with Crippen LogP contribution >= 0.6 is 0 Å². The smallest absolute Gasteiger partial charge is 0.208 e. The van der Waals surface area contributed by atoms with Gasteiger partial charge in [-0.1, -0.05) is 6.07 Å². The molecule has 102 valence electrons. The third-order valence-electron chi connectivity index (χ3n) is 2.92. The molecule has 0 saturated heterocycles. The molecule has 0 saturated carbocycles. The average molecular weight is 264 g/mol. The van der Waals surface area contributed by atoms with E-state index in [2.05, 4.69) is 10.3 Å². The first-order valence-corrected chi connectivity index (χ1v) is 6.06. The fourth-order valence-electron chi connectivity index (χ4n) is 1.72. The molecule has 0 amide bonds. The Morgan fingerprint density at radius 2 is 2.11 bits per heavy atom. The SMILES string of the molecule is COc1ccc(CNCc2nc(C)c(C)o2)c(F)c1. The highest BCUT2D eigenvalue weighted by molar-refractivity contribution is 5.28. The maximum absolute atomic E-state index is 13.7. The van der Waals surface area contributed by atoms with Crippen molar-refractivity contribution in [1.82, 2.24) is 10.3 Å². The first kappa shape index (κ1) is 13.5. The zero-order valence-electron chi connectivity index (χ0n) is 11.3. The van der Waals surface area contributed by atoms with Gasteiger partial charge in [-0.25, -0.2) is 9.37 Å². The quantitative estimate of drug-likeness (QED) is 0.902. The maximum Gasteiger partial charge on any atom is 0.208 e. The summed E-state index contributed by atoms with van der Waals surface area (Å²) in [5, 5.41) is 3.10. The Balaban J connectivity index is 1.92. The van der Waals surface area contributed by atoms with Gasteiger partial charge >= 0.3 is 0 Å². The van der Waals surface area contributed by atoms with Gasteiger partial charge in [-0.05, 0) is 19.9 Å². The second-order valence-electron chi connectivity index (χ2n) is 4.31. The van der Waals surface area contributed by atoms with Crippen LogP contribution in [0.5, 0.6) is 5.75 Å². The van der Waals surface area contributed by atoms with Crippen molar-refractivity contribution in [2.45, 2.75) is 26.9 Å². The molecular formula is C14H17FN2O2. The second kappa shape index (κ2) is 5.84. The van der Waals surface area contributed by atoms with Crippen LogP contribution in [0, 0.1) is 19.7 Å². The Labute approximate surface area is 111 Å². The zero-order chi connectivity index (χ0) is 13.8. The zero-order valence-corrected chi connectivity index (χ0v) is 11.3. The molecule has 2 rings (SSSR count). The normalized spacial score (nSPS) is 10.7. The Bertz CT molecular complexity index is 547. The topological polar surface area (TPSA) is 47.3 Å². The fourth-order valence-corrected chi connectivity index (χ4v) is 1.72. The molecule has 0 atom stereocenters. The van der Waals surface area contributed by atoms with Crippen molar-refractivity contribution >= 4 is 0 Å². The lowest BCUT2D eigenvalue weighted by Crippen LogP contribution is -2.14. The molecule has 0 spiro atoms. The number of benzene rings is 1. The molecule has 2 aromatic rings. The van der Waals surface area contributed by atoms with Gasteiger partial charge in [0.15, 0.2) is 0 Å². The van der Waals surface area contributed by atoms with E-state index in [1.54, 1.807) is 12.1 Å². The van der Waals surface area contributed by atoms with Gasteiger partial charge in [-0.15, -0.1) is 0 Å². The van der Waals surface area contributed by atoms with Crippen molar-refractivity contribution in [3.63, 3.8) is 0 Å². The summed E-state index contributed by atoms with van der Waals surface area (Å²) in [6.07, 6.45) is 0. The van der Waals surface area contributed by atoms with Gasteiger partial charge in [0.25, 0.3) is 0 Å². The van der Waals surface area contributed by atoms with E-state index in [-0.39, 0.29) is 5.82 Å². The molecule has 1 N–H and O–H groups in total. The van der Waals surface area contributed by atoms with Crippen molar-refractivity contribution in [2.24, 2.45) is 0 Å². The highest BCUT2D eigenvalue weighted by atomic mass is 19.1. The lowest BCUT2D eigenvalue weighted by molar-refractivity contribution is 0.410. The van der Waals surface area contributed by atoms with Crippen molar-refractivity contribution in [2.75, 3.05) is 7.11 Å². The number of rotatable bonds is 5. The maximum atomic E-state index is 13.7. The lowest BCUT2D eigenvalue weighted by Gasteiger charge is -2.06. The molecule has 0 aliphatic carbocycles. The second-order valence-corrected chi connectivity index (χ2v) is 4.31. The predicted molar refractivity (Wildman–Crippen MR) is 69.5 cm³/mol. The minimum atomic E-state index is -0.286. The highest BCUT2D eigenvalue weighted by Gasteiger charge is 2.07. The average Bonchev–Trinajstić information content (AvgIpc) is 2.70. The molecule has 4 nitrogen and oxygen atoms in total. The van der Waals surface area contributed by atoms with Gasteiger partial charge in [0.05, 0.1) is 19.3 Å². The van der Waals surface area contributed by atoms with Gasteiger partial charge in [0.2, 0.25) is 5.89 Å². The Hall–Kier alpha value is -1.88. The van der Waals surface area contributed by atoms with Crippen molar-refractivity contribution in [3.8, 4) is 5.75 Å². The van der Waals surface area contributed by atoms with Gasteiger partial charge in [0, 0.05) is 18.2 Å². The number of hydrogen-bond donors (Lipinski definition) is 1. The first-order chi connectivity index (χ1) is 9.10. The summed E-state index contributed by atoms with van der Waals surface area (Å²) in [7, 11) is 1.51. The van der Waals surface area contributed by atoms with E-state index in [0.29, 0.717) is 30.3 Å². The number of hydrogen-bond acceptors (Lipinski definition) is 4. The van der Waals surface area contributed by atoms with E-state index in [4.69, 9.17) is 9.15 Å².